The Hall–Kier alpha value is 0.310. The largest absolute Gasteiger partial charge is 0.306 e. The summed E-state index contributed by atoms with van der Waals surface area (Å²) in [4.78, 5) is 2.51. The summed E-state index contributed by atoms with van der Waals surface area (Å²) >= 11 is 4.22. The van der Waals surface area contributed by atoms with Gasteiger partial charge in [0.15, 0.2) is 0 Å². The second-order valence-electron chi connectivity index (χ2n) is 4.87. The smallest absolute Gasteiger partial charge is 0.000926 e. The fourth-order valence-electron chi connectivity index (χ4n) is 1.99. The summed E-state index contributed by atoms with van der Waals surface area (Å²) in [6.07, 6.45) is 6.85. The highest BCUT2D eigenvalue weighted by atomic mass is 32.1. The average Bonchev–Trinajstić information content (AvgIpc) is 2.81. The van der Waals surface area contributed by atoms with Crippen LogP contribution in [0, 0.1) is 11.8 Å². The zero-order valence-corrected chi connectivity index (χ0v) is 10.6. The number of unbranched alkanes of at least 4 members (excludes halogenated alkanes) is 3. The van der Waals surface area contributed by atoms with E-state index in [9.17, 15) is 0 Å². The minimum atomic E-state index is 1.00. The predicted molar refractivity (Wildman–Crippen MR) is 67.1 cm³/mol. The van der Waals surface area contributed by atoms with E-state index >= 15 is 0 Å². The molecule has 0 bridgehead atoms. The zero-order valence-electron chi connectivity index (χ0n) is 9.71. The fraction of sp³-hybridized carbons (Fsp3) is 1.00. The molecule has 84 valence electrons. The van der Waals surface area contributed by atoms with Crippen LogP contribution in [0.1, 0.15) is 39.0 Å². The Morgan fingerprint density at radius 1 is 1.21 bits per heavy atom. The average molecular weight is 215 g/mol. The van der Waals surface area contributed by atoms with Crippen molar-refractivity contribution in [2.24, 2.45) is 11.8 Å². The lowest BCUT2D eigenvalue weighted by Crippen LogP contribution is -2.22. The summed E-state index contributed by atoms with van der Waals surface area (Å²) in [5.74, 6) is 3.06. The molecule has 0 radical (unpaired) electrons. The molecule has 0 amide bonds. The van der Waals surface area contributed by atoms with Crippen LogP contribution in [0.3, 0.4) is 0 Å². The summed E-state index contributed by atoms with van der Waals surface area (Å²) in [6, 6.07) is 0. The Morgan fingerprint density at radius 2 is 1.86 bits per heavy atom. The van der Waals surface area contributed by atoms with Gasteiger partial charge in [0.25, 0.3) is 0 Å². The Labute approximate surface area is 94.7 Å². The summed E-state index contributed by atoms with van der Waals surface area (Å²) in [5, 5.41) is 0. The number of thiol groups is 1. The second kappa shape index (κ2) is 6.73. The Balaban J connectivity index is 1.85. The number of nitrogens with zero attached hydrogens (tertiary/aromatic N) is 1. The van der Waals surface area contributed by atoms with Crippen molar-refractivity contribution in [3.8, 4) is 0 Å². The van der Waals surface area contributed by atoms with Gasteiger partial charge in [0.1, 0.15) is 0 Å². The van der Waals surface area contributed by atoms with Crippen LogP contribution in [0.2, 0.25) is 0 Å². The summed E-state index contributed by atoms with van der Waals surface area (Å²) in [7, 11) is 2.27. The van der Waals surface area contributed by atoms with Gasteiger partial charge in [-0.25, -0.2) is 0 Å². The van der Waals surface area contributed by atoms with Gasteiger partial charge in [-0.2, -0.15) is 12.6 Å². The number of rotatable bonds is 8. The van der Waals surface area contributed by atoms with E-state index in [1.807, 2.05) is 0 Å². The molecule has 0 aliphatic heterocycles. The van der Waals surface area contributed by atoms with E-state index in [0.29, 0.717) is 0 Å². The highest BCUT2D eigenvalue weighted by molar-refractivity contribution is 7.80. The van der Waals surface area contributed by atoms with Crippen LogP contribution in [0.5, 0.6) is 0 Å². The maximum absolute atomic E-state index is 4.22. The molecule has 1 saturated carbocycles. The van der Waals surface area contributed by atoms with Crippen LogP contribution < -0.4 is 0 Å². The molecule has 1 rings (SSSR count). The minimum absolute atomic E-state index is 1.00. The SMILES string of the molecule is CC1CC1CN(C)CCCCCCS. The first kappa shape index (κ1) is 12.4. The van der Waals surface area contributed by atoms with Crippen LogP contribution in [0.25, 0.3) is 0 Å². The van der Waals surface area contributed by atoms with Gasteiger partial charge in [0.05, 0.1) is 0 Å². The molecule has 0 spiro atoms. The van der Waals surface area contributed by atoms with E-state index in [4.69, 9.17) is 0 Å². The van der Waals surface area contributed by atoms with Crippen LogP contribution in [-0.2, 0) is 0 Å². The van der Waals surface area contributed by atoms with Gasteiger partial charge in [0, 0.05) is 6.54 Å². The molecule has 2 atom stereocenters. The van der Waals surface area contributed by atoms with E-state index in [0.717, 1.165) is 17.6 Å². The van der Waals surface area contributed by atoms with E-state index in [1.54, 1.807) is 0 Å². The molecule has 2 unspecified atom stereocenters. The molecule has 0 aromatic heterocycles. The maximum Gasteiger partial charge on any atom is 0.000926 e. The molecule has 0 N–H and O–H groups in total. The summed E-state index contributed by atoms with van der Waals surface area (Å²) in [6.45, 7) is 4.98. The van der Waals surface area contributed by atoms with Gasteiger partial charge in [-0.3, -0.25) is 0 Å². The van der Waals surface area contributed by atoms with Crippen molar-refractivity contribution in [3.05, 3.63) is 0 Å². The molecule has 0 aromatic carbocycles. The normalized spacial score (nSPS) is 25.7. The zero-order chi connectivity index (χ0) is 10.4. The minimum Gasteiger partial charge on any atom is -0.306 e. The van der Waals surface area contributed by atoms with Gasteiger partial charge in [-0.05, 0) is 50.4 Å². The van der Waals surface area contributed by atoms with Crippen LogP contribution >= 0.6 is 12.6 Å². The molecule has 1 fully saturated rings. The molecule has 2 heteroatoms. The Morgan fingerprint density at radius 3 is 2.43 bits per heavy atom. The highest BCUT2D eigenvalue weighted by Gasteiger charge is 2.32. The van der Waals surface area contributed by atoms with E-state index in [-0.39, 0.29) is 0 Å². The van der Waals surface area contributed by atoms with E-state index in [2.05, 4.69) is 31.5 Å². The Kier molecular flexibility index (Phi) is 5.95. The lowest BCUT2D eigenvalue weighted by atomic mass is 10.2. The van der Waals surface area contributed by atoms with Gasteiger partial charge in [0.2, 0.25) is 0 Å². The van der Waals surface area contributed by atoms with Crippen LogP contribution in [-0.4, -0.2) is 30.8 Å². The van der Waals surface area contributed by atoms with Crippen molar-refractivity contribution in [3.63, 3.8) is 0 Å². The van der Waals surface area contributed by atoms with Crippen molar-refractivity contribution in [1.29, 1.82) is 0 Å². The quantitative estimate of drug-likeness (QED) is 0.481. The Bertz CT molecular complexity index is 149. The molecule has 14 heavy (non-hydrogen) atoms. The van der Waals surface area contributed by atoms with Gasteiger partial charge < -0.3 is 4.90 Å². The molecule has 1 aliphatic carbocycles. The lowest BCUT2D eigenvalue weighted by molar-refractivity contribution is 0.306. The third-order valence-electron chi connectivity index (χ3n) is 3.27. The van der Waals surface area contributed by atoms with Crippen LogP contribution in [0.15, 0.2) is 0 Å². The molecule has 0 heterocycles. The van der Waals surface area contributed by atoms with Gasteiger partial charge in [-0.15, -0.1) is 0 Å². The van der Waals surface area contributed by atoms with Gasteiger partial charge in [-0.1, -0.05) is 19.8 Å². The highest BCUT2D eigenvalue weighted by Crippen LogP contribution is 2.37. The molecular weight excluding hydrogens is 190 g/mol. The topological polar surface area (TPSA) is 3.24 Å². The third kappa shape index (κ3) is 5.26. The van der Waals surface area contributed by atoms with Crippen molar-refractivity contribution in [1.82, 2.24) is 4.90 Å². The molecule has 0 aromatic rings. The van der Waals surface area contributed by atoms with Crippen molar-refractivity contribution >= 4 is 12.6 Å². The van der Waals surface area contributed by atoms with E-state index < -0.39 is 0 Å². The first-order chi connectivity index (χ1) is 6.74. The lowest BCUT2D eigenvalue weighted by Gasteiger charge is -2.15. The number of hydrogen-bond acceptors (Lipinski definition) is 2. The molecule has 0 saturated heterocycles. The monoisotopic (exact) mass is 215 g/mol. The standard InChI is InChI=1S/C12H25NS/c1-11-9-12(11)10-13(2)7-5-3-4-6-8-14/h11-12,14H,3-10H2,1-2H3. The third-order valence-corrected chi connectivity index (χ3v) is 3.59. The molecule has 1 aliphatic rings. The number of hydrogen-bond donors (Lipinski definition) is 1. The van der Waals surface area contributed by atoms with Crippen molar-refractivity contribution in [2.45, 2.75) is 39.0 Å². The predicted octanol–water partition coefficient (Wildman–Crippen LogP) is 3.06. The second-order valence-corrected chi connectivity index (χ2v) is 5.32. The maximum atomic E-state index is 4.22. The summed E-state index contributed by atoms with van der Waals surface area (Å²) in [5.41, 5.74) is 0. The first-order valence-corrected chi connectivity index (χ1v) is 6.66. The van der Waals surface area contributed by atoms with Crippen molar-refractivity contribution < 1.29 is 0 Å². The van der Waals surface area contributed by atoms with E-state index in [1.165, 1.54) is 45.2 Å². The van der Waals surface area contributed by atoms with Gasteiger partial charge >= 0.3 is 0 Å². The molecule has 1 nitrogen and oxygen atoms in total. The van der Waals surface area contributed by atoms with Crippen molar-refractivity contribution in [2.75, 3.05) is 25.9 Å². The fourth-order valence-corrected chi connectivity index (χ4v) is 2.22. The first-order valence-electron chi connectivity index (χ1n) is 6.03. The summed E-state index contributed by atoms with van der Waals surface area (Å²) < 4.78 is 0. The molecular formula is C12H25NS. The van der Waals surface area contributed by atoms with Crippen LogP contribution in [0.4, 0.5) is 0 Å².